The van der Waals surface area contributed by atoms with Gasteiger partial charge in [-0.25, -0.2) is 0 Å². The van der Waals surface area contributed by atoms with Crippen molar-refractivity contribution in [2.24, 2.45) is 17.4 Å². The molecule has 20 heavy (non-hydrogen) atoms. The molecule has 2 rings (SSSR count). The Kier molecular flexibility index (Phi) is 5.43. The first kappa shape index (κ1) is 15.3. The van der Waals surface area contributed by atoms with Gasteiger partial charge in [-0.05, 0) is 52.9 Å². The SMILES string of the molecule is NCC(Nc1ccc(C(N)=O)c(Br)c1)C1CCCCC1. The van der Waals surface area contributed by atoms with Crippen LogP contribution < -0.4 is 16.8 Å². The monoisotopic (exact) mass is 339 g/mol. The van der Waals surface area contributed by atoms with Crippen molar-refractivity contribution < 1.29 is 4.79 Å². The minimum absolute atomic E-state index is 0.293. The minimum atomic E-state index is -0.425. The zero-order valence-electron chi connectivity index (χ0n) is 11.6. The van der Waals surface area contributed by atoms with Gasteiger partial charge in [0.1, 0.15) is 0 Å². The Morgan fingerprint density at radius 2 is 2.05 bits per heavy atom. The summed E-state index contributed by atoms with van der Waals surface area (Å²) in [5, 5.41) is 3.50. The fourth-order valence-corrected chi connectivity index (χ4v) is 3.50. The van der Waals surface area contributed by atoms with Crippen LogP contribution in [0.15, 0.2) is 22.7 Å². The number of rotatable bonds is 5. The van der Waals surface area contributed by atoms with Crippen LogP contribution in [0.4, 0.5) is 5.69 Å². The Morgan fingerprint density at radius 1 is 1.35 bits per heavy atom. The Bertz CT molecular complexity index is 472. The van der Waals surface area contributed by atoms with Gasteiger partial charge in [0.05, 0.1) is 5.56 Å². The number of hydrogen-bond acceptors (Lipinski definition) is 3. The molecule has 5 heteroatoms. The highest BCUT2D eigenvalue weighted by molar-refractivity contribution is 9.10. The van der Waals surface area contributed by atoms with Crippen LogP contribution in [0.5, 0.6) is 0 Å². The molecule has 1 amide bonds. The van der Waals surface area contributed by atoms with Crippen molar-refractivity contribution in [3.63, 3.8) is 0 Å². The Balaban J connectivity index is 2.07. The van der Waals surface area contributed by atoms with Gasteiger partial charge in [-0.15, -0.1) is 0 Å². The molecule has 5 N–H and O–H groups in total. The minimum Gasteiger partial charge on any atom is -0.381 e. The highest BCUT2D eigenvalue weighted by Gasteiger charge is 2.22. The van der Waals surface area contributed by atoms with E-state index in [4.69, 9.17) is 11.5 Å². The third-order valence-corrected chi connectivity index (χ3v) is 4.72. The van der Waals surface area contributed by atoms with Crippen LogP contribution in [-0.2, 0) is 0 Å². The molecule has 1 fully saturated rings. The second kappa shape index (κ2) is 7.09. The predicted octanol–water partition coefficient (Wildman–Crippen LogP) is 2.87. The molecule has 1 aromatic carbocycles. The summed E-state index contributed by atoms with van der Waals surface area (Å²) in [5.74, 6) is 0.217. The first-order valence-electron chi connectivity index (χ1n) is 7.17. The molecule has 0 aromatic heterocycles. The number of amides is 1. The number of halogens is 1. The molecule has 0 bridgehead atoms. The van der Waals surface area contributed by atoms with Gasteiger partial charge in [0.25, 0.3) is 0 Å². The Hall–Kier alpha value is -1.07. The maximum absolute atomic E-state index is 11.2. The maximum atomic E-state index is 11.2. The molecule has 0 aliphatic heterocycles. The molecule has 1 aliphatic rings. The molecule has 1 atom stereocenters. The molecule has 1 unspecified atom stereocenters. The van der Waals surface area contributed by atoms with Crippen molar-refractivity contribution in [3.8, 4) is 0 Å². The molecule has 0 spiro atoms. The quantitative estimate of drug-likeness (QED) is 0.771. The summed E-state index contributed by atoms with van der Waals surface area (Å²) < 4.78 is 0.717. The van der Waals surface area contributed by atoms with Crippen LogP contribution in [0.2, 0.25) is 0 Å². The number of hydrogen-bond donors (Lipinski definition) is 3. The zero-order chi connectivity index (χ0) is 14.5. The van der Waals surface area contributed by atoms with Crippen LogP contribution >= 0.6 is 15.9 Å². The first-order chi connectivity index (χ1) is 9.61. The van der Waals surface area contributed by atoms with Crippen molar-refractivity contribution in [1.82, 2.24) is 0 Å². The van der Waals surface area contributed by atoms with Crippen LogP contribution in [-0.4, -0.2) is 18.5 Å². The standard InChI is InChI=1S/C15H22BrN3O/c16-13-8-11(6-7-12(13)15(18)20)19-14(9-17)10-4-2-1-3-5-10/h6-8,10,14,19H,1-5,9,17H2,(H2,18,20). The fraction of sp³-hybridized carbons (Fsp3) is 0.533. The normalized spacial score (nSPS) is 17.7. The summed E-state index contributed by atoms with van der Waals surface area (Å²) in [7, 11) is 0. The van der Waals surface area contributed by atoms with Crippen molar-refractivity contribution in [2.45, 2.75) is 38.1 Å². The second-order valence-corrected chi connectivity index (χ2v) is 6.30. The number of nitrogens with one attached hydrogen (secondary N) is 1. The number of carbonyl (C=O) groups is 1. The van der Waals surface area contributed by atoms with Gasteiger partial charge in [0.2, 0.25) is 5.91 Å². The van der Waals surface area contributed by atoms with Crippen LogP contribution in [0, 0.1) is 5.92 Å². The van der Waals surface area contributed by atoms with Gasteiger partial charge in [-0.3, -0.25) is 4.79 Å². The summed E-state index contributed by atoms with van der Waals surface area (Å²) in [5.41, 5.74) is 12.7. The largest absolute Gasteiger partial charge is 0.381 e. The molecule has 1 aromatic rings. The van der Waals surface area contributed by atoms with E-state index in [0.717, 1.165) is 10.2 Å². The van der Waals surface area contributed by atoms with E-state index in [-0.39, 0.29) is 0 Å². The van der Waals surface area contributed by atoms with Crippen molar-refractivity contribution in [3.05, 3.63) is 28.2 Å². The van der Waals surface area contributed by atoms with Gasteiger partial charge < -0.3 is 16.8 Å². The lowest BCUT2D eigenvalue weighted by molar-refractivity contribution is 0.0999. The van der Waals surface area contributed by atoms with Gasteiger partial charge in [0.15, 0.2) is 0 Å². The van der Waals surface area contributed by atoms with Crippen molar-refractivity contribution in [2.75, 3.05) is 11.9 Å². The van der Waals surface area contributed by atoms with E-state index in [1.165, 1.54) is 32.1 Å². The number of primary amides is 1. The summed E-state index contributed by atoms with van der Waals surface area (Å²) in [6.07, 6.45) is 6.43. The first-order valence-corrected chi connectivity index (χ1v) is 7.97. The van der Waals surface area contributed by atoms with Gasteiger partial charge in [-0.2, -0.15) is 0 Å². The van der Waals surface area contributed by atoms with E-state index < -0.39 is 5.91 Å². The van der Waals surface area contributed by atoms with E-state index in [9.17, 15) is 4.79 Å². The van der Waals surface area contributed by atoms with E-state index in [1.807, 2.05) is 12.1 Å². The smallest absolute Gasteiger partial charge is 0.249 e. The summed E-state index contributed by atoms with van der Waals surface area (Å²) >= 11 is 3.38. The maximum Gasteiger partial charge on any atom is 0.249 e. The summed E-state index contributed by atoms with van der Waals surface area (Å²) in [6.45, 7) is 0.625. The fourth-order valence-electron chi connectivity index (χ4n) is 2.92. The van der Waals surface area contributed by atoms with Crippen molar-refractivity contribution >= 4 is 27.5 Å². The molecular formula is C15H22BrN3O. The van der Waals surface area contributed by atoms with Crippen LogP contribution in [0.3, 0.4) is 0 Å². The number of benzene rings is 1. The molecule has 1 saturated carbocycles. The molecule has 4 nitrogen and oxygen atoms in total. The molecule has 0 radical (unpaired) electrons. The predicted molar refractivity (Wildman–Crippen MR) is 85.7 cm³/mol. The van der Waals surface area contributed by atoms with Gasteiger partial charge in [-0.1, -0.05) is 19.3 Å². The molecule has 1 aliphatic carbocycles. The number of carbonyl (C=O) groups excluding carboxylic acids is 1. The lowest BCUT2D eigenvalue weighted by Gasteiger charge is -2.31. The van der Waals surface area contributed by atoms with E-state index in [0.29, 0.717) is 24.1 Å². The van der Waals surface area contributed by atoms with Gasteiger partial charge in [0, 0.05) is 22.7 Å². The molecule has 110 valence electrons. The highest BCUT2D eigenvalue weighted by atomic mass is 79.9. The topological polar surface area (TPSA) is 81.1 Å². The summed E-state index contributed by atoms with van der Waals surface area (Å²) in [4.78, 5) is 11.2. The lowest BCUT2D eigenvalue weighted by Crippen LogP contribution is -2.37. The van der Waals surface area contributed by atoms with E-state index in [2.05, 4.69) is 21.2 Å². The number of anilines is 1. The average molecular weight is 340 g/mol. The Labute approximate surface area is 128 Å². The van der Waals surface area contributed by atoms with Crippen LogP contribution in [0.1, 0.15) is 42.5 Å². The highest BCUT2D eigenvalue weighted by Crippen LogP contribution is 2.29. The van der Waals surface area contributed by atoms with Crippen LogP contribution in [0.25, 0.3) is 0 Å². The van der Waals surface area contributed by atoms with Gasteiger partial charge >= 0.3 is 0 Å². The van der Waals surface area contributed by atoms with E-state index >= 15 is 0 Å². The third kappa shape index (κ3) is 3.73. The molecular weight excluding hydrogens is 318 g/mol. The Morgan fingerprint density at radius 3 is 2.60 bits per heavy atom. The molecule has 0 saturated heterocycles. The number of nitrogens with two attached hydrogens (primary N) is 2. The summed E-state index contributed by atoms with van der Waals surface area (Å²) in [6, 6.07) is 5.81. The van der Waals surface area contributed by atoms with Crippen molar-refractivity contribution in [1.29, 1.82) is 0 Å². The zero-order valence-corrected chi connectivity index (χ0v) is 13.2. The van der Waals surface area contributed by atoms with E-state index in [1.54, 1.807) is 6.07 Å². The third-order valence-electron chi connectivity index (χ3n) is 4.06. The molecule has 0 heterocycles. The average Bonchev–Trinajstić information content (AvgIpc) is 2.45. The lowest BCUT2D eigenvalue weighted by atomic mass is 9.84. The second-order valence-electron chi connectivity index (χ2n) is 5.44.